The molecular weight excluding hydrogens is 306 g/mol. The number of nitrogens with zero attached hydrogens (tertiary/aromatic N) is 2. The predicted molar refractivity (Wildman–Crippen MR) is 89.6 cm³/mol. The first-order valence-corrected chi connectivity index (χ1v) is 10.1. The zero-order valence-electron chi connectivity index (χ0n) is 12.7. The van der Waals surface area contributed by atoms with Gasteiger partial charge in [-0.25, -0.2) is 13.4 Å². The molecule has 1 aliphatic heterocycles. The van der Waals surface area contributed by atoms with Gasteiger partial charge in [0.25, 0.3) is 0 Å². The van der Waals surface area contributed by atoms with Crippen LogP contribution >= 0.6 is 11.8 Å². The van der Waals surface area contributed by atoms with Gasteiger partial charge in [-0.2, -0.15) is 11.8 Å². The summed E-state index contributed by atoms with van der Waals surface area (Å²) in [6.07, 6.45) is 3.89. The highest BCUT2D eigenvalue weighted by Crippen LogP contribution is 2.28. The molecule has 2 atom stereocenters. The van der Waals surface area contributed by atoms with Gasteiger partial charge in [-0.1, -0.05) is 6.07 Å². The van der Waals surface area contributed by atoms with Crippen LogP contribution in [-0.2, 0) is 16.3 Å². The molecule has 1 fully saturated rings. The second kappa shape index (κ2) is 6.54. The van der Waals surface area contributed by atoms with Crippen molar-refractivity contribution >= 4 is 27.4 Å². The molecule has 1 saturated heterocycles. The first-order chi connectivity index (χ1) is 9.79. The average Bonchev–Trinajstić information content (AvgIpc) is 2.37. The lowest BCUT2D eigenvalue weighted by atomic mass is 10.1. The Labute approximate surface area is 131 Å². The van der Waals surface area contributed by atoms with E-state index < -0.39 is 15.2 Å². The van der Waals surface area contributed by atoms with E-state index in [1.165, 1.54) is 6.26 Å². The molecule has 2 rings (SSSR count). The second-order valence-electron chi connectivity index (χ2n) is 5.72. The fourth-order valence-corrected chi connectivity index (χ4v) is 5.41. The van der Waals surface area contributed by atoms with Gasteiger partial charge in [0.1, 0.15) is 11.2 Å². The summed E-state index contributed by atoms with van der Waals surface area (Å²) in [5.74, 6) is 2.30. The number of nitrogens with two attached hydrogens (primary N) is 1. The Kier molecular flexibility index (Phi) is 5.16. The van der Waals surface area contributed by atoms with Crippen molar-refractivity contribution in [1.29, 1.82) is 0 Å². The van der Waals surface area contributed by atoms with Gasteiger partial charge in [-0.3, -0.25) is 0 Å². The van der Waals surface area contributed by atoms with Crippen LogP contribution in [0.1, 0.15) is 18.1 Å². The van der Waals surface area contributed by atoms with Gasteiger partial charge in [0.05, 0.1) is 0 Å². The molecule has 0 aliphatic carbocycles. The summed E-state index contributed by atoms with van der Waals surface area (Å²) < 4.78 is 24.0. The summed E-state index contributed by atoms with van der Waals surface area (Å²) in [6, 6.07) is 2.15. The van der Waals surface area contributed by atoms with E-state index in [2.05, 4.69) is 11.1 Å². The number of aromatic nitrogens is 1. The minimum atomic E-state index is -3.12. The average molecular weight is 329 g/mol. The molecule has 0 amide bonds. The second-order valence-corrected chi connectivity index (χ2v) is 9.07. The number of hydrogen-bond acceptors (Lipinski definition) is 6. The van der Waals surface area contributed by atoms with Crippen molar-refractivity contribution in [3.8, 4) is 0 Å². The Morgan fingerprint density at radius 3 is 2.86 bits per heavy atom. The lowest BCUT2D eigenvalue weighted by Crippen LogP contribution is -2.47. The largest absolute Gasteiger partial charge is 0.338 e. The molecule has 1 aromatic rings. The van der Waals surface area contributed by atoms with E-state index in [1.54, 1.807) is 11.8 Å². The van der Waals surface area contributed by atoms with E-state index in [4.69, 9.17) is 5.73 Å². The van der Waals surface area contributed by atoms with Gasteiger partial charge in [-0.15, -0.1) is 0 Å². The number of sulfone groups is 1. The minimum absolute atomic E-state index is 0.0900. The highest BCUT2D eigenvalue weighted by atomic mass is 32.2. The number of thioether (sulfide) groups is 1. The first-order valence-electron chi connectivity index (χ1n) is 7.03. The molecule has 2 heterocycles. The standard InChI is InChI=1S/C14H23N3O2S2/c1-10-6-12(7-11(2)15)8-16-14(10)17-4-5-20-9-13(17)21(3,18)19/h6,8,11,13H,4-5,7,9,15H2,1-3H3. The van der Waals surface area contributed by atoms with E-state index in [-0.39, 0.29) is 6.04 Å². The summed E-state index contributed by atoms with van der Waals surface area (Å²) in [5.41, 5.74) is 7.91. The van der Waals surface area contributed by atoms with Crippen LogP contribution in [0, 0.1) is 6.92 Å². The van der Waals surface area contributed by atoms with Gasteiger partial charge in [0, 0.05) is 36.5 Å². The summed E-state index contributed by atoms with van der Waals surface area (Å²) in [6.45, 7) is 4.65. The molecule has 7 heteroatoms. The summed E-state index contributed by atoms with van der Waals surface area (Å²) >= 11 is 1.68. The fraction of sp³-hybridized carbons (Fsp3) is 0.643. The van der Waals surface area contributed by atoms with E-state index >= 15 is 0 Å². The highest BCUT2D eigenvalue weighted by Gasteiger charge is 2.32. The third-order valence-electron chi connectivity index (χ3n) is 3.52. The Balaban J connectivity index is 2.31. The zero-order chi connectivity index (χ0) is 15.6. The number of hydrogen-bond donors (Lipinski definition) is 1. The van der Waals surface area contributed by atoms with E-state index in [0.717, 1.165) is 29.1 Å². The molecule has 0 aromatic carbocycles. The van der Waals surface area contributed by atoms with Crippen LogP contribution in [0.2, 0.25) is 0 Å². The van der Waals surface area contributed by atoms with E-state index in [1.807, 2.05) is 24.9 Å². The predicted octanol–water partition coefficient (Wildman–Crippen LogP) is 1.20. The van der Waals surface area contributed by atoms with Crippen molar-refractivity contribution in [2.75, 3.05) is 29.2 Å². The van der Waals surface area contributed by atoms with Crippen molar-refractivity contribution < 1.29 is 8.42 Å². The third kappa shape index (κ3) is 4.11. The molecule has 0 spiro atoms. The van der Waals surface area contributed by atoms with Gasteiger partial charge in [0.15, 0.2) is 9.84 Å². The van der Waals surface area contributed by atoms with Gasteiger partial charge >= 0.3 is 0 Å². The van der Waals surface area contributed by atoms with Crippen molar-refractivity contribution in [2.45, 2.75) is 31.7 Å². The summed E-state index contributed by atoms with van der Waals surface area (Å²) in [4.78, 5) is 6.44. The quantitative estimate of drug-likeness (QED) is 0.894. The Hall–Kier alpha value is -0.790. The van der Waals surface area contributed by atoms with Crippen molar-refractivity contribution in [3.63, 3.8) is 0 Å². The van der Waals surface area contributed by atoms with Crippen LogP contribution in [0.5, 0.6) is 0 Å². The van der Waals surface area contributed by atoms with Crippen molar-refractivity contribution in [2.24, 2.45) is 5.73 Å². The maximum atomic E-state index is 12.0. The molecule has 118 valence electrons. The van der Waals surface area contributed by atoms with Gasteiger partial charge in [-0.05, 0) is 31.4 Å². The van der Waals surface area contributed by atoms with Crippen LogP contribution in [0.4, 0.5) is 5.82 Å². The number of rotatable bonds is 4. The smallest absolute Gasteiger partial charge is 0.169 e. The maximum absolute atomic E-state index is 12.0. The van der Waals surface area contributed by atoms with Crippen molar-refractivity contribution in [1.82, 2.24) is 4.98 Å². The normalized spacial score (nSPS) is 21.3. The van der Waals surface area contributed by atoms with Crippen LogP contribution in [0.25, 0.3) is 0 Å². The highest BCUT2D eigenvalue weighted by molar-refractivity contribution is 8.01. The molecule has 0 radical (unpaired) electrons. The molecule has 0 bridgehead atoms. The number of pyridine rings is 1. The van der Waals surface area contributed by atoms with Crippen LogP contribution < -0.4 is 10.6 Å². The molecule has 5 nitrogen and oxygen atoms in total. The molecule has 2 unspecified atom stereocenters. The Morgan fingerprint density at radius 2 is 2.29 bits per heavy atom. The van der Waals surface area contributed by atoms with Crippen molar-refractivity contribution in [3.05, 3.63) is 23.4 Å². The molecule has 1 aromatic heterocycles. The summed E-state index contributed by atoms with van der Waals surface area (Å²) in [5, 5.41) is -0.485. The number of aryl methyl sites for hydroxylation is 1. The first kappa shape index (κ1) is 16.6. The topological polar surface area (TPSA) is 76.3 Å². The number of anilines is 1. The lowest BCUT2D eigenvalue weighted by Gasteiger charge is -2.35. The van der Waals surface area contributed by atoms with Gasteiger partial charge in [0.2, 0.25) is 0 Å². The molecule has 2 N–H and O–H groups in total. The Bertz CT molecular complexity index is 602. The minimum Gasteiger partial charge on any atom is -0.338 e. The molecule has 21 heavy (non-hydrogen) atoms. The molecular formula is C14H23N3O2S2. The van der Waals surface area contributed by atoms with Crippen LogP contribution in [-0.4, -0.2) is 49.1 Å². The zero-order valence-corrected chi connectivity index (χ0v) is 14.4. The fourth-order valence-electron chi connectivity index (χ4n) is 2.59. The van der Waals surface area contributed by atoms with E-state index in [9.17, 15) is 8.42 Å². The Morgan fingerprint density at radius 1 is 1.57 bits per heavy atom. The summed E-state index contributed by atoms with van der Waals surface area (Å²) in [7, 11) is -3.12. The third-order valence-corrected chi connectivity index (χ3v) is 6.16. The maximum Gasteiger partial charge on any atom is 0.169 e. The monoisotopic (exact) mass is 329 g/mol. The van der Waals surface area contributed by atoms with Crippen LogP contribution in [0.15, 0.2) is 12.3 Å². The van der Waals surface area contributed by atoms with Crippen LogP contribution in [0.3, 0.4) is 0 Å². The van der Waals surface area contributed by atoms with Gasteiger partial charge < -0.3 is 10.6 Å². The molecule has 0 saturated carbocycles. The lowest BCUT2D eigenvalue weighted by molar-refractivity contribution is 0.583. The van der Waals surface area contributed by atoms with E-state index in [0.29, 0.717) is 12.3 Å². The SMILES string of the molecule is Cc1cc(CC(C)N)cnc1N1CCSCC1S(C)(=O)=O. The molecule has 1 aliphatic rings.